The highest BCUT2D eigenvalue weighted by molar-refractivity contribution is 5.79. The number of nitrogens with one attached hydrogen (secondary N) is 1. The van der Waals surface area contributed by atoms with E-state index < -0.39 is 0 Å². The smallest absolute Gasteiger partial charge is 0.194 e. The maximum absolute atomic E-state index is 5.33. The summed E-state index contributed by atoms with van der Waals surface area (Å²) in [6.07, 6.45) is 3.75. The van der Waals surface area contributed by atoms with Crippen LogP contribution in [0.5, 0.6) is 0 Å². The molecule has 0 aliphatic rings. The Labute approximate surface area is 131 Å². The second kappa shape index (κ2) is 7.15. The maximum atomic E-state index is 5.33. The van der Waals surface area contributed by atoms with Crippen LogP contribution in [0.1, 0.15) is 36.8 Å². The van der Waals surface area contributed by atoms with Gasteiger partial charge in [0.25, 0.3) is 0 Å². The first kappa shape index (κ1) is 16.1. The van der Waals surface area contributed by atoms with Crippen LogP contribution in [0.3, 0.4) is 0 Å². The number of nitrogens with zero attached hydrogens (tertiary/aromatic N) is 4. The molecule has 1 N–H and O–H groups in total. The van der Waals surface area contributed by atoms with Crippen LogP contribution in [-0.2, 0) is 20.1 Å². The highest BCUT2D eigenvalue weighted by Gasteiger charge is 2.15. The lowest BCUT2D eigenvalue weighted by molar-refractivity contribution is 0.457. The average molecular weight is 303 g/mol. The van der Waals surface area contributed by atoms with E-state index in [1.807, 2.05) is 30.9 Å². The quantitative estimate of drug-likeness (QED) is 0.680. The number of rotatable bonds is 5. The van der Waals surface area contributed by atoms with Gasteiger partial charge in [-0.05, 0) is 18.1 Å². The lowest BCUT2D eigenvalue weighted by atomic mass is 10.1. The van der Waals surface area contributed by atoms with Gasteiger partial charge in [0, 0.05) is 39.4 Å². The third kappa shape index (κ3) is 3.90. The van der Waals surface area contributed by atoms with Gasteiger partial charge in [0.1, 0.15) is 5.76 Å². The molecule has 0 radical (unpaired) electrons. The molecule has 0 bridgehead atoms. The van der Waals surface area contributed by atoms with E-state index in [-0.39, 0.29) is 0 Å². The van der Waals surface area contributed by atoms with Gasteiger partial charge in [-0.15, -0.1) is 0 Å². The lowest BCUT2D eigenvalue weighted by Gasteiger charge is -2.22. The molecule has 0 aliphatic carbocycles. The minimum atomic E-state index is 0.405. The van der Waals surface area contributed by atoms with Gasteiger partial charge in [-0.1, -0.05) is 13.8 Å². The van der Waals surface area contributed by atoms with E-state index in [0.29, 0.717) is 12.5 Å². The monoisotopic (exact) mass is 303 g/mol. The van der Waals surface area contributed by atoms with Crippen molar-refractivity contribution in [1.29, 1.82) is 0 Å². The van der Waals surface area contributed by atoms with Crippen molar-refractivity contribution in [1.82, 2.24) is 20.0 Å². The Morgan fingerprint density at radius 1 is 1.50 bits per heavy atom. The second-order valence-electron chi connectivity index (χ2n) is 5.70. The van der Waals surface area contributed by atoms with Crippen LogP contribution in [0.25, 0.3) is 0 Å². The van der Waals surface area contributed by atoms with Crippen LogP contribution in [-0.4, -0.2) is 34.7 Å². The molecule has 0 amide bonds. The van der Waals surface area contributed by atoms with E-state index in [2.05, 4.69) is 40.4 Å². The Morgan fingerprint density at radius 2 is 2.27 bits per heavy atom. The third-order valence-electron chi connectivity index (χ3n) is 3.47. The molecular formula is C16H25N5O. The molecule has 0 saturated heterocycles. The van der Waals surface area contributed by atoms with Gasteiger partial charge in [0.15, 0.2) is 5.96 Å². The Bertz CT molecular complexity index is 613. The van der Waals surface area contributed by atoms with E-state index >= 15 is 0 Å². The zero-order chi connectivity index (χ0) is 16.1. The van der Waals surface area contributed by atoms with Crippen molar-refractivity contribution in [3.8, 4) is 0 Å². The molecule has 2 heterocycles. The van der Waals surface area contributed by atoms with E-state index in [9.17, 15) is 0 Å². The number of hydrogen-bond donors (Lipinski definition) is 1. The maximum Gasteiger partial charge on any atom is 0.194 e. The van der Waals surface area contributed by atoms with Crippen molar-refractivity contribution in [2.45, 2.75) is 32.9 Å². The molecule has 120 valence electrons. The minimum absolute atomic E-state index is 0.405. The first-order chi connectivity index (χ1) is 10.5. The molecule has 0 saturated carbocycles. The number of aliphatic imine (C=N–C) groups is 1. The number of hydrogen-bond acceptors (Lipinski definition) is 3. The fourth-order valence-electron chi connectivity index (χ4n) is 2.46. The van der Waals surface area contributed by atoms with Gasteiger partial charge in [-0.2, -0.15) is 5.10 Å². The summed E-state index contributed by atoms with van der Waals surface area (Å²) in [5.74, 6) is 2.12. The fourth-order valence-corrected chi connectivity index (χ4v) is 2.46. The topological polar surface area (TPSA) is 58.6 Å². The Balaban J connectivity index is 2.01. The molecular weight excluding hydrogens is 278 g/mol. The normalized spacial score (nSPS) is 12.0. The molecule has 0 atom stereocenters. The van der Waals surface area contributed by atoms with Crippen LogP contribution in [0.2, 0.25) is 0 Å². The molecule has 0 spiro atoms. The van der Waals surface area contributed by atoms with E-state index in [0.717, 1.165) is 24.0 Å². The first-order valence-electron chi connectivity index (χ1n) is 7.47. The van der Waals surface area contributed by atoms with E-state index in [1.165, 1.54) is 5.56 Å². The number of aryl methyl sites for hydroxylation is 1. The van der Waals surface area contributed by atoms with Crippen molar-refractivity contribution in [3.05, 3.63) is 41.6 Å². The Hall–Kier alpha value is -2.24. The summed E-state index contributed by atoms with van der Waals surface area (Å²) in [5.41, 5.74) is 2.36. The zero-order valence-electron chi connectivity index (χ0n) is 14.0. The van der Waals surface area contributed by atoms with Crippen LogP contribution in [0.4, 0.5) is 0 Å². The summed E-state index contributed by atoms with van der Waals surface area (Å²) in [6.45, 7) is 5.71. The van der Waals surface area contributed by atoms with Gasteiger partial charge in [-0.3, -0.25) is 9.67 Å². The molecule has 6 nitrogen and oxygen atoms in total. The predicted octanol–water partition coefficient (Wildman–Crippen LogP) is 2.34. The van der Waals surface area contributed by atoms with Crippen LogP contribution >= 0.6 is 0 Å². The average Bonchev–Trinajstić information content (AvgIpc) is 3.09. The summed E-state index contributed by atoms with van der Waals surface area (Å²) in [6, 6.07) is 3.83. The Kier molecular flexibility index (Phi) is 5.25. The largest absolute Gasteiger partial charge is 0.467 e. The molecule has 0 aromatic carbocycles. The van der Waals surface area contributed by atoms with Crippen molar-refractivity contribution in [2.75, 3.05) is 14.1 Å². The van der Waals surface area contributed by atoms with Crippen LogP contribution < -0.4 is 5.32 Å². The predicted molar refractivity (Wildman–Crippen MR) is 87.7 cm³/mol. The minimum Gasteiger partial charge on any atom is -0.467 e. The summed E-state index contributed by atoms with van der Waals surface area (Å²) in [7, 11) is 5.77. The van der Waals surface area contributed by atoms with Gasteiger partial charge in [0.05, 0.1) is 18.5 Å². The summed E-state index contributed by atoms with van der Waals surface area (Å²) in [5, 5.41) is 7.85. The number of furan rings is 1. The zero-order valence-corrected chi connectivity index (χ0v) is 14.0. The van der Waals surface area contributed by atoms with Gasteiger partial charge >= 0.3 is 0 Å². The number of guanidine groups is 1. The SMILES string of the molecule is CN=C(NCc1ccco1)N(C)Cc1cn(C)nc1C(C)C. The highest BCUT2D eigenvalue weighted by atomic mass is 16.3. The van der Waals surface area contributed by atoms with Gasteiger partial charge < -0.3 is 14.6 Å². The fraction of sp³-hybridized carbons (Fsp3) is 0.500. The van der Waals surface area contributed by atoms with Crippen molar-refractivity contribution in [2.24, 2.45) is 12.0 Å². The van der Waals surface area contributed by atoms with E-state index in [1.54, 1.807) is 13.3 Å². The van der Waals surface area contributed by atoms with Gasteiger partial charge in [-0.25, -0.2) is 0 Å². The molecule has 0 unspecified atom stereocenters. The van der Waals surface area contributed by atoms with Crippen molar-refractivity contribution in [3.63, 3.8) is 0 Å². The molecule has 2 aromatic rings. The highest BCUT2D eigenvalue weighted by Crippen LogP contribution is 2.18. The molecule has 22 heavy (non-hydrogen) atoms. The summed E-state index contributed by atoms with van der Waals surface area (Å²) >= 11 is 0. The second-order valence-corrected chi connectivity index (χ2v) is 5.70. The Morgan fingerprint density at radius 3 is 2.86 bits per heavy atom. The molecule has 0 fully saturated rings. The lowest BCUT2D eigenvalue weighted by Crippen LogP contribution is -2.38. The molecule has 2 rings (SSSR count). The van der Waals surface area contributed by atoms with Crippen molar-refractivity contribution < 1.29 is 4.42 Å². The summed E-state index contributed by atoms with van der Waals surface area (Å²) < 4.78 is 7.20. The van der Waals surface area contributed by atoms with Gasteiger partial charge in [0.2, 0.25) is 0 Å². The van der Waals surface area contributed by atoms with E-state index in [4.69, 9.17) is 4.42 Å². The van der Waals surface area contributed by atoms with Crippen LogP contribution in [0, 0.1) is 0 Å². The van der Waals surface area contributed by atoms with Crippen LogP contribution in [0.15, 0.2) is 34.0 Å². The standard InChI is InChI=1S/C16H25N5O/c1-12(2)15-13(11-21(5)19-15)10-20(4)16(17-3)18-9-14-7-6-8-22-14/h6-8,11-12H,9-10H2,1-5H3,(H,17,18). The van der Waals surface area contributed by atoms with Crippen molar-refractivity contribution >= 4 is 5.96 Å². The third-order valence-corrected chi connectivity index (χ3v) is 3.47. The number of aromatic nitrogens is 2. The molecule has 0 aliphatic heterocycles. The first-order valence-corrected chi connectivity index (χ1v) is 7.47. The molecule has 2 aromatic heterocycles. The summed E-state index contributed by atoms with van der Waals surface area (Å²) in [4.78, 5) is 6.42. The molecule has 6 heteroatoms.